The molecule has 0 fully saturated rings. The SMILES string of the molecule is C=C1Nc2cc3c(cc2N1CC)Oc1c(Cl)c2c(c(Cl)c1=N3)Oc1cc3c(cc1N=2)[nH]c(=O)n3C. The summed E-state index contributed by atoms with van der Waals surface area (Å²) >= 11 is 13.5. The van der Waals surface area contributed by atoms with E-state index in [4.69, 9.17) is 42.7 Å². The molecule has 174 valence electrons. The first-order chi connectivity index (χ1) is 16.8. The van der Waals surface area contributed by atoms with Crippen molar-refractivity contribution in [3.8, 4) is 23.0 Å². The van der Waals surface area contributed by atoms with Crippen LogP contribution in [0.1, 0.15) is 6.92 Å². The third kappa shape index (κ3) is 2.67. The van der Waals surface area contributed by atoms with E-state index >= 15 is 0 Å². The molecule has 0 saturated carbocycles. The standard InChI is InChI=1S/C24H16Cl2N6O3/c1-4-32-9(2)27-11-6-13-17(8-15(11)32)35-23-19(26)20-22(18(25)21(23)29-13)34-16-7-14-10(5-12(16)28-20)30-24(33)31(14)3/h5-8,27H,2,4H2,1,3H3,(H,30,33). The lowest BCUT2D eigenvalue weighted by molar-refractivity contribution is 0.451. The Morgan fingerprint density at radius 1 is 1.00 bits per heavy atom. The number of aromatic nitrogens is 2. The summed E-state index contributed by atoms with van der Waals surface area (Å²) in [7, 11) is 1.68. The van der Waals surface area contributed by atoms with Crippen molar-refractivity contribution in [2.75, 3.05) is 16.8 Å². The Hall–Kier alpha value is -3.95. The number of imidazole rings is 1. The molecule has 0 radical (unpaired) electrons. The summed E-state index contributed by atoms with van der Waals surface area (Å²) < 4.78 is 13.9. The highest BCUT2D eigenvalue weighted by atomic mass is 35.5. The molecule has 0 bridgehead atoms. The molecule has 4 aromatic rings. The Balaban J connectivity index is 1.44. The molecule has 1 aromatic heterocycles. The van der Waals surface area contributed by atoms with Crippen LogP contribution in [0, 0.1) is 0 Å². The average molecular weight is 507 g/mol. The third-order valence-corrected chi connectivity index (χ3v) is 7.11. The topological polar surface area (TPSA) is 96.2 Å². The number of H-pyrrole nitrogens is 1. The highest BCUT2D eigenvalue weighted by Crippen LogP contribution is 2.48. The number of nitrogens with zero attached hydrogens (tertiary/aromatic N) is 4. The van der Waals surface area contributed by atoms with Crippen molar-refractivity contribution in [2.24, 2.45) is 17.0 Å². The Bertz CT molecular complexity index is 1860. The first-order valence-corrected chi connectivity index (χ1v) is 11.6. The van der Waals surface area contributed by atoms with Crippen LogP contribution in [-0.2, 0) is 7.05 Å². The number of benzene rings is 3. The zero-order valence-corrected chi connectivity index (χ0v) is 20.0. The minimum absolute atomic E-state index is 0.232. The molecule has 0 unspecified atom stereocenters. The van der Waals surface area contributed by atoms with Crippen LogP contribution in [0.15, 0.2) is 51.4 Å². The maximum absolute atomic E-state index is 12.0. The molecule has 0 saturated heterocycles. The Morgan fingerprint density at radius 2 is 1.63 bits per heavy atom. The highest BCUT2D eigenvalue weighted by molar-refractivity contribution is 6.35. The lowest BCUT2D eigenvalue weighted by atomic mass is 10.1. The largest absolute Gasteiger partial charge is 0.451 e. The zero-order chi connectivity index (χ0) is 24.2. The lowest BCUT2D eigenvalue weighted by Crippen LogP contribution is -2.22. The second-order valence-electron chi connectivity index (χ2n) is 8.39. The van der Waals surface area contributed by atoms with Crippen LogP contribution in [0.4, 0.5) is 22.7 Å². The average Bonchev–Trinajstić information content (AvgIpc) is 3.30. The fourth-order valence-electron chi connectivity index (χ4n) is 4.66. The van der Waals surface area contributed by atoms with Crippen molar-refractivity contribution in [1.82, 2.24) is 9.55 Å². The van der Waals surface area contributed by atoms with Crippen molar-refractivity contribution in [2.45, 2.75) is 6.92 Å². The number of hydrogen-bond donors (Lipinski definition) is 2. The van der Waals surface area contributed by atoms with Gasteiger partial charge in [0, 0.05) is 25.7 Å². The summed E-state index contributed by atoms with van der Waals surface area (Å²) in [6.07, 6.45) is 0. The van der Waals surface area contributed by atoms with Crippen LogP contribution >= 0.6 is 23.2 Å². The van der Waals surface area contributed by atoms with Crippen LogP contribution in [0.2, 0.25) is 10.0 Å². The monoisotopic (exact) mass is 506 g/mol. The van der Waals surface area contributed by atoms with Gasteiger partial charge in [0.05, 0.1) is 22.4 Å². The summed E-state index contributed by atoms with van der Waals surface area (Å²) in [5.41, 5.74) is 4.02. The van der Waals surface area contributed by atoms with Crippen LogP contribution in [0.3, 0.4) is 0 Å². The van der Waals surface area contributed by atoms with E-state index < -0.39 is 0 Å². The predicted octanol–water partition coefficient (Wildman–Crippen LogP) is 5.01. The molecule has 0 spiro atoms. The van der Waals surface area contributed by atoms with Gasteiger partial charge in [-0.25, -0.2) is 14.8 Å². The number of aryl methyl sites for hydroxylation is 1. The van der Waals surface area contributed by atoms with Crippen molar-refractivity contribution in [3.05, 3.63) is 67.9 Å². The van der Waals surface area contributed by atoms with Crippen LogP contribution < -0.4 is 36.1 Å². The zero-order valence-electron chi connectivity index (χ0n) is 18.5. The Labute approximate surface area is 207 Å². The molecule has 0 atom stereocenters. The van der Waals surface area contributed by atoms with E-state index in [0.717, 1.165) is 23.7 Å². The summed E-state index contributed by atoms with van der Waals surface area (Å²) in [5.74, 6) is 2.37. The van der Waals surface area contributed by atoms with E-state index in [1.165, 1.54) is 4.57 Å². The molecule has 9 nitrogen and oxygen atoms in total. The smallest absolute Gasteiger partial charge is 0.326 e. The summed E-state index contributed by atoms with van der Waals surface area (Å²) in [6, 6.07) is 7.27. The van der Waals surface area contributed by atoms with Gasteiger partial charge in [0.2, 0.25) is 0 Å². The second-order valence-corrected chi connectivity index (χ2v) is 9.15. The molecule has 4 heterocycles. The molecule has 3 aromatic carbocycles. The van der Waals surface area contributed by atoms with Crippen molar-refractivity contribution >= 4 is 57.0 Å². The molecule has 7 rings (SSSR count). The minimum atomic E-state index is -0.233. The highest BCUT2D eigenvalue weighted by Gasteiger charge is 2.30. The Kier molecular flexibility index (Phi) is 3.97. The fourth-order valence-corrected chi connectivity index (χ4v) is 5.17. The van der Waals surface area contributed by atoms with E-state index in [2.05, 4.69) is 16.9 Å². The van der Waals surface area contributed by atoms with Gasteiger partial charge in [-0.1, -0.05) is 29.8 Å². The number of fused-ring (bicyclic) bond motifs is 6. The normalized spacial score (nSPS) is 14.5. The number of ether oxygens (including phenoxy) is 2. The molecule has 0 aliphatic carbocycles. The van der Waals surface area contributed by atoms with Gasteiger partial charge in [0.25, 0.3) is 0 Å². The molecule has 35 heavy (non-hydrogen) atoms. The van der Waals surface area contributed by atoms with Gasteiger partial charge in [-0.3, -0.25) is 4.57 Å². The van der Waals surface area contributed by atoms with Gasteiger partial charge in [-0.05, 0) is 19.1 Å². The van der Waals surface area contributed by atoms with Crippen LogP contribution in [-0.4, -0.2) is 16.1 Å². The number of nitrogens with one attached hydrogen (secondary N) is 2. The summed E-state index contributed by atoms with van der Waals surface area (Å²) in [4.78, 5) is 26.3. The first kappa shape index (κ1) is 20.4. The number of anilines is 2. The predicted molar refractivity (Wildman–Crippen MR) is 134 cm³/mol. The molecule has 11 heteroatoms. The van der Waals surface area contributed by atoms with Gasteiger partial charge in [-0.2, -0.15) is 0 Å². The summed E-state index contributed by atoms with van der Waals surface area (Å²) in [6.45, 7) is 6.86. The molecular weight excluding hydrogens is 491 g/mol. The number of rotatable bonds is 1. The van der Waals surface area contributed by atoms with Crippen LogP contribution in [0.5, 0.6) is 23.0 Å². The maximum atomic E-state index is 12.0. The number of aromatic amines is 1. The van der Waals surface area contributed by atoms with Gasteiger partial charge in [-0.15, -0.1) is 0 Å². The minimum Gasteiger partial charge on any atom is -0.451 e. The Morgan fingerprint density at radius 3 is 2.29 bits per heavy atom. The van der Waals surface area contributed by atoms with E-state index in [-0.39, 0.29) is 21.5 Å². The second kappa shape index (κ2) is 6.80. The van der Waals surface area contributed by atoms with Gasteiger partial charge < -0.3 is 24.7 Å². The van der Waals surface area contributed by atoms with Crippen molar-refractivity contribution < 1.29 is 9.47 Å². The lowest BCUT2D eigenvalue weighted by Gasteiger charge is -2.22. The van der Waals surface area contributed by atoms with Gasteiger partial charge in [0.15, 0.2) is 23.0 Å². The molecule has 2 N–H and O–H groups in total. The third-order valence-electron chi connectivity index (χ3n) is 6.41. The summed E-state index contributed by atoms with van der Waals surface area (Å²) in [5, 5.41) is 4.44. The number of halogens is 2. The van der Waals surface area contributed by atoms with E-state index in [0.29, 0.717) is 50.4 Å². The molecule has 0 amide bonds. The van der Waals surface area contributed by atoms with E-state index in [1.54, 1.807) is 19.2 Å². The quantitative estimate of drug-likeness (QED) is 0.326. The molecule has 3 aliphatic heterocycles. The van der Waals surface area contributed by atoms with Crippen LogP contribution in [0.25, 0.3) is 11.0 Å². The molecule has 3 aliphatic rings. The molecular formula is C24H16Cl2N6O3. The van der Waals surface area contributed by atoms with E-state index in [9.17, 15) is 4.79 Å². The first-order valence-electron chi connectivity index (χ1n) is 10.8. The maximum Gasteiger partial charge on any atom is 0.326 e. The van der Waals surface area contributed by atoms with Gasteiger partial charge in [0.1, 0.15) is 38.0 Å². The van der Waals surface area contributed by atoms with Gasteiger partial charge >= 0.3 is 5.69 Å². The van der Waals surface area contributed by atoms with Crippen molar-refractivity contribution in [3.63, 3.8) is 0 Å². The fraction of sp³-hybridized carbons (Fsp3) is 0.125. The van der Waals surface area contributed by atoms with E-state index in [1.807, 2.05) is 24.0 Å². The number of hydrogen-bond acceptors (Lipinski definition) is 7. The van der Waals surface area contributed by atoms with Crippen molar-refractivity contribution in [1.29, 1.82) is 0 Å².